The molecule has 0 fully saturated rings. The quantitative estimate of drug-likeness (QED) is 0.0451. The average molecular weight is 912 g/mol. The highest BCUT2D eigenvalue weighted by atomic mass is 16.6. The van der Waals surface area contributed by atoms with E-state index in [2.05, 4.69) is 16.0 Å². The first-order valence-corrected chi connectivity index (χ1v) is 20.7. The number of ether oxygens (including phenoxy) is 3. The van der Waals surface area contributed by atoms with Gasteiger partial charge in [0.25, 0.3) is 34.8 Å². The number of nitro benzene ring substituents is 3. The number of carbonyl (C=O) groups excluding carboxylic acids is 3. The summed E-state index contributed by atoms with van der Waals surface area (Å²) in [6, 6.07) is 32.6. The van der Waals surface area contributed by atoms with Gasteiger partial charge >= 0.3 is 0 Å². The molecule has 6 aromatic carbocycles. The molecule has 0 atom stereocenters. The lowest BCUT2D eigenvalue weighted by Crippen LogP contribution is -2.35. The summed E-state index contributed by atoms with van der Waals surface area (Å²) in [7, 11) is 0. The highest BCUT2D eigenvalue weighted by Gasteiger charge is 2.20. The van der Waals surface area contributed by atoms with Crippen molar-refractivity contribution in [1.29, 1.82) is 0 Å². The third-order valence-corrected chi connectivity index (χ3v) is 10.2. The van der Waals surface area contributed by atoms with Crippen molar-refractivity contribution in [3.63, 3.8) is 0 Å². The summed E-state index contributed by atoms with van der Waals surface area (Å²) in [4.78, 5) is 73.7. The van der Waals surface area contributed by atoms with Gasteiger partial charge in [0.2, 0.25) is 0 Å². The van der Waals surface area contributed by atoms with Gasteiger partial charge in [0.15, 0.2) is 0 Å². The zero-order chi connectivity index (χ0) is 48.0. The fraction of sp³-hybridized carbons (Fsp3) is 0.188. The van der Waals surface area contributed by atoms with Crippen LogP contribution in [0.25, 0.3) is 0 Å². The van der Waals surface area contributed by atoms with Crippen LogP contribution < -0.4 is 30.2 Å². The number of nitrogens with zero attached hydrogens (tertiary/aromatic N) is 4. The van der Waals surface area contributed by atoms with Crippen molar-refractivity contribution in [3.8, 4) is 17.2 Å². The number of rotatable bonds is 21. The molecule has 0 bridgehead atoms. The van der Waals surface area contributed by atoms with Gasteiger partial charge in [0.1, 0.15) is 54.1 Å². The summed E-state index contributed by atoms with van der Waals surface area (Å²) in [5.41, 5.74) is 2.45. The van der Waals surface area contributed by atoms with E-state index in [0.29, 0.717) is 53.6 Å². The Hall–Kier alpha value is -8.71. The Morgan fingerprint density at radius 3 is 0.925 bits per heavy atom. The van der Waals surface area contributed by atoms with Gasteiger partial charge in [-0.1, -0.05) is 18.2 Å². The van der Waals surface area contributed by atoms with Gasteiger partial charge in [0.05, 0.1) is 14.8 Å². The van der Waals surface area contributed by atoms with Gasteiger partial charge in [-0.3, -0.25) is 49.6 Å². The maximum atomic E-state index is 12.9. The Kier molecular flexibility index (Phi) is 15.9. The second-order valence-electron chi connectivity index (χ2n) is 15.2. The second kappa shape index (κ2) is 22.3. The largest absolute Gasteiger partial charge is 0.492 e. The highest BCUT2D eigenvalue weighted by molar-refractivity contribution is 6.07. The van der Waals surface area contributed by atoms with Gasteiger partial charge in [-0.2, -0.15) is 0 Å². The first-order chi connectivity index (χ1) is 32.1. The smallest absolute Gasteiger partial charge is 0.293 e. The number of hydrogen-bond acceptors (Lipinski definition) is 13. The van der Waals surface area contributed by atoms with Crippen LogP contribution in [0.4, 0.5) is 34.1 Å². The summed E-state index contributed by atoms with van der Waals surface area (Å²) in [5, 5.41) is 42.3. The van der Waals surface area contributed by atoms with Crippen molar-refractivity contribution in [2.75, 3.05) is 55.4 Å². The van der Waals surface area contributed by atoms with E-state index < -0.39 is 32.5 Å². The number of nitro groups is 3. The van der Waals surface area contributed by atoms with Crippen LogP contribution >= 0.6 is 0 Å². The molecule has 0 spiro atoms. The molecule has 19 nitrogen and oxygen atoms in total. The molecule has 19 heteroatoms. The van der Waals surface area contributed by atoms with Crippen molar-refractivity contribution in [2.45, 2.75) is 20.8 Å². The third kappa shape index (κ3) is 13.4. The van der Waals surface area contributed by atoms with E-state index >= 15 is 0 Å². The van der Waals surface area contributed by atoms with E-state index in [9.17, 15) is 44.7 Å². The number of carbonyl (C=O) groups is 3. The molecule has 0 aliphatic carbocycles. The molecule has 0 heterocycles. The number of nitrogens with one attached hydrogen (secondary N) is 3. The molecule has 0 saturated carbocycles. The topological polar surface area (TPSA) is 248 Å². The molecular formula is C48H45N7O12. The maximum absolute atomic E-state index is 12.9. The van der Waals surface area contributed by atoms with Crippen LogP contribution in [-0.4, -0.2) is 76.8 Å². The zero-order valence-electron chi connectivity index (χ0n) is 36.6. The van der Waals surface area contributed by atoms with Crippen molar-refractivity contribution >= 4 is 51.8 Å². The molecular weight excluding hydrogens is 867 g/mol. The minimum absolute atomic E-state index is 0.0794. The molecule has 6 aromatic rings. The highest BCUT2D eigenvalue weighted by Crippen LogP contribution is 2.29. The van der Waals surface area contributed by atoms with Gasteiger partial charge < -0.3 is 30.2 Å². The normalized spacial score (nSPS) is 10.7. The Balaban J connectivity index is 1.04. The van der Waals surface area contributed by atoms with Crippen molar-refractivity contribution in [2.24, 2.45) is 0 Å². The average Bonchev–Trinajstić information content (AvgIpc) is 3.31. The minimum atomic E-state index is -0.555. The Labute approximate surface area is 383 Å². The number of aryl methyl sites for hydroxylation is 3. The number of benzene rings is 6. The Morgan fingerprint density at radius 2 is 0.687 bits per heavy atom. The van der Waals surface area contributed by atoms with Gasteiger partial charge in [-0.05, 0) is 128 Å². The first-order valence-electron chi connectivity index (χ1n) is 20.7. The minimum Gasteiger partial charge on any atom is -0.492 e. The van der Waals surface area contributed by atoms with Crippen molar-refractivity contribution in [3.05, 3.63) is 191 Å². The van der Waals surface area contributed by atoms with Crippen LogP contribution in [-0.2, 0) is 0 Å². The number of anilines is 3. The summed E-state index contributed by atoms with van der Waals surface area (Å²) >= 11 is 0. The maximum Gasteiger partial charge on any atom is 0.293 e. The van der Waals surface area contributed by atoms with Crippen LogP contribution in [0.15, 0.2) is 127 Å². The van der Waals surface area contributed by atoms with Gasteiger partial charge in [-0.25, -0.2) is 0 Å². The predicted octanol–water partition coefficient (Wildman–Crippen LogP) is 8.93. The molecule has 0 unspecified atom stereocenters. The molecule has 0 aliphatic heterocycles. The van der Waals surface area contributed by atoms with Crippen LogP contribution in [0, 0.1) is 51.1 Å². The third-order valence-electron chi connectivity index (χ3n) is 10.2. The van der Waals surface area contributed by atoms with Gasteiger partial charge in [-0.15, -0.1) is 0 Å². The summed E-state index contributed by atoms with van der Waals surface area (Å²) in [6.45, 7) is 7.09. The predicted molar refractivity (Wildman–Crippen MR) is 250 cm³/mol. The molecule has 0 aromatic heterocycles. The molecule has 3 N–H and O–H groups in total. The lowest BCUT2D eigenvalue weighted by molar-refractivity contribution is -0.384. The van der Waals surface area contributed by atoms with Crippen LogP contribution in [0.2, 0.25) is 0 Å². The molecule has 0 radical (unpaired) electrons. The first kappa shape index (κ1) is 47.8. The van der Waals surface area contributed by atoms with Gasteiger partial charge in [0, 0.05) is 54.5 Å². The molecule has 0 saturated heterocycles. The number of amides is 3. The van der Waals surface area contributed by atoms with E-state index in [0.717, 1.165) is 0 Å². The van der Waals surface area contributed by atoms with E-state index in [-0.39, 0.29) is 70.6 Å². The fourth-order valence-electron chi connectivity index (χ4n) is 6.60. The van der Waals surface area contributed by atoms with Crippen LogP contribution in [0.3, 0.4) is 0 Å². The molecule has 344 valence electrons. The van der Waals surface area contributed by atoms with E-state index in [4.69, 9.17) is 14.2 Å². The van der Waals surface area contributed by atoms with Crippen molar-refractivity contribution < 1.29 is 43.4 Å². The second-order valence-corrected chi connectivity index (χ2v) is 15.2. The Morgan fingerprint density at radius 1 is 0.433 bits per heavy atom. The van der Waals surface area contributed by atoms with E-state index in [1.54, 1.807) is 112 Å². The van der Waals surface area contributed by atoms with Crippen LogP contribution in [0.1, 0.15) is 47.8 Å². The molecule has 6 rings (SSSR count). The summed E-state index contributed by atoms with van der Waals surface area (Å²) < 4.78 is 18.0. The lowest BCUT2D eigenvalue weighted by atomic mass is 10.1. The molecule has 3 amide bonds. The SMILES string of the molecule is Cc1ccc(NC(=O)c2ccc(OCCN(CCOc3ccc(C(=O)Nc4ccc(C)cc4[N+](=O)[O-])cc3)CCOc3ccc(C(=O)Nc4ccc(C)cc4[N+](=O)[O-])cc3)cc2)c([N+](=O)[O-])c1. The summed E-state index contributed by atoms with van der Waals surface area (Å²) in [6.07, 6.45) is 0. The zero-order valence-corrected chi connectivity index (χ0v) is 36.6. The van der Waals surface area contributed by atoms with E-state index in [1.165, 1.54) is 36.4 Å². The standard InChI is InChI=1S/C48H45N7O12/c1-31-4-19-40(43(28-31)53(59)60)49-46(56)34-7-13-37(14-8-34)65-25-22-52(23-26-66-38-15-9-35(10-16-38)47(57)50-41-20-5-32(2)29-44(41)54(61)62)24-27-67-39-17-11-36(12-18-39)48(58)51-42-21-6-33(3)30-45(42)55(63)64/h4-21,28-30H,22-27H2,1-3H3,(H,49,56)(H,50,57)(H,51,58). The lowest BCUT2D eigenvalue weighted by Gasteiger charge is -2.23. The Bertz CT molecular complexity index is 2480. The molecule has 0 aliphatic rings. The fourth-order valence-corrected chi connectivity index (χ4v) is 6.60. The van der Waals surface area contributed by atoms with Crippen LogP contribution in [0.5, 0.6) is 17.2 Å². The monoisotopic (exact) mass is 911 g/mol. The van der Waals surface area contributed by atoms with Crippen molar-refractivity contribution in [1.82, 2.24) is 4.90 Å². The number of hydrogen-bond donors (Lipinski definition) is 3. The molecule has 67 heavy (non-hydrogen) atoms. The summed E-state index contributed by atoms with van der Waals surface area (Å²) in [5.74, 6) is -0.139. The van der Waals surface area contributed by atoms with E-state index in [1.807, 2.05) is 4.90 Å².